The summed E-state index contributed by atoms with van der Waals surface area (Å²) in [6.07, 6.45) is 1.99. The molecule has 0 aliphatic rings. The van der Waals surface area contributed by atoms with Gasteiger partial charge in [0.25, 0.3) is 0 Å². The number of anilines is 2. The third kappa shape index (κ3) is 2.70. The van der Waals surface area contributed by atoms with Gasteiger partial charge in [0, 0.05) is 17.9 Å². The third-order valence-electron chi connectivity index (χ3n) is 2.71. The van der Waals surface area contributed by atoms with Crippen molar-refractivity contribution in [2.75, 3.05) is 5.32 Å². The van der Waals surface area contributed by atoms with Gasteiger partial charge in [0.05, 0.1) is 5.69 Å². The summed E-state index contributed by atoms with van der Waals surface area (Å²) in [5.74, 6) is 0.504. The van der Waals surface area contributed by atoms with Crippen LogP contribution in [0.15, 0.2) is 24.4 Å². The second-order valence-electron chi connectivity index (χ2n) is 4.85. The molecule has 96 valence electrons. The first kappa shape index (κ1) is 12.6. The first-order valence-corrected chi connectivity index (χ1v) is 6.05. The second kappa shape index (κ2) is 4.80. The number of hydrogen-bond donors (Lipinski definition) is 1. The molecule has 18 heavy (non-hydrogen) atoms. The predicted molar refractivity (Wildman–Crippen MR) is 71.8 cm³/mol. The maximum absolute atomic E-state index is 13.3. The van der Waals surface area contributed by atoms with Crippen LogP contribution < -0.4 is 5.32 Å². The molecule has 0 fully saturated rings. The number of imidazole rings is 1. The van der Waals surface area contributed by atoms with Crippen LogP contribution in [0.2, 0.25) is 0 Å². The molecular formula is C14H18FN3. The molecule has 0 bridgehead atoms. The lowest BCUT2D eigenvalue weighted by atomic mass is 10.2. The van der Waals surface area contributed by atoms with Crippen molar-refractivity contribution in [1.82, 2.24) is 9.55 Å². The third-order valence-corrected chi connectivity index (χ3v) is 2.71. The van der Waals surface area contributed by atoms with Crippen LogP contribution in [0, 0.1) is 19.7 Å². The van der Waals surface area contributed by atoms with Gasteiger partial charge in [-0.05, 0) is 51.5 Å². The maximum Gasteiger partial charge on any atom is 0.207 e. The van der Waals surface area contributed by atoms with Gasteiger partial charge in [-0.1, -0.05) is 0 Å². The van der Waals surface area contributed by atoms with Gasteiger partial charge in [-0.25, -0.2) is 9.37 Å². The normalized spacial score (nSPS) is 11.0. The molecule has 1 aromatic carbocycles. The van der Waals surface area contributed by atoms with Gasteiger partial charge in [0.2, 0.25) is 5.95 Å². The highest BCUT2D eigenvalue weighted by atomic mass is 19.1. The Morgan fingerprint density at radius 1 is 1.22 bits per heavy atom. The Labute approximate surface area is 107 Å². The van der Waals surface area contributed by atoms with Crippen molar-refractivity contribution in [3.63, 3.8) is 0 Å². The van der Waals surface area contributed by atoms with Crippen molar-refractivity contribution >= 4 is 11.6 Å². The van der Waals surface area contributed by atoms with E-state index in [1.54, 1.807) is 0 Å². The molecule has 0 atom stereocenters. The van der Waals surface area contributed by atoms with Gasteiger partial charge in [-0.15, -0.1) is 0 Å². The van der Waals surface area contributed by atoms with Gasteiger partial charge in [0.15, 0.2) is 0 Å². The van der Waals surface area contributed by atoms with Crippen molar-refractivity contribution < 1.29 is 4.39 Å². The van der Waals surface area contributed by atoms with Crippen LogP contribution in [0.3, 0.4) is 0 Å². The summed E-state index contributed by atoms with van der Waals surface area (Å²) >= 11 is 0. The maximum atomic E-state index is 13.3. The molecule has 0 aliphatic carbocycles. The molecule has 3 nitrogen and oxygen atoms in total. The lowest BCUT2D eigenvalue weighted by Crippen LogP contribution is -2.05. The fraction of sp³-hybridized carbons (Fsp3) is 0.357. The SMILES string of the molecule is Cc1cc(F)cc(Nc2nc(C)cn2C(C)C)c1. The average Bonchev–Trinajstić information content (AvgIpc) is 2.57. The minimum Gasteiger partial charge on any atom is -0.325 e. The van der Waals surface area contributed by atoms with Crippen LogP contribution in [0.4, 0.5) is 16.0 Å². The number of aryl methyl sites for hydroxylation is 2. The van der Waals surface area contributed by atoms with E-state index in [4.69, 9.17) is 0 Å². The van der Waals surface area contributed by atoms with E-state index in [0.29, 0.717) is 6.04 Å². The molecule has 0 amide bonds. The summed E-state index contributed by atoms with van der Waals surface area (Å²) in [5, 5.41) is 3.17. The molecule has 0 saturated carbocycles. The van der Waals surface area contributed by atoms with Gasteiger partial charge in [-0.2, -0.15) is 0 Å². The first-order valence-electron chi connectivity index (χ1n) is 6.05. The molecule has 4 heteroatoms. The molecular weight excluding hydrogens is 229 g/mol. The van der Waals surface area contributed by atoms with Gasteiger partial charge >= 0.3 is 0 Å². The Balaban J connectivity index is 2.33. The largest absolute Gasteiger partial charge is 0.325 e. The smallest absolute Gasteiger partial charge is 0.207 e. The Hall–Kier alpha value is -1.84. The lowest BCUT2D eigenvalue weighted by molar-refractivity contribution is 0.607. The van der Waals surface area contributed by atoms with E-state index in [1.165, 1.54) is 12.1 Å². The topological polar surface area (TPSA) is 29.9 Å². The number of nitrogens with zero attached hydrogens (tertiary/aromatic N) is 2. The van der Waals surface area contributed by atoms with Gasteiger partial charge in [0.1, 0.15) is 5.82 Å². The Morgan fingerprint density at radius 3 is 2.56 bits per heavy atom. The van der Waals surface area contributed by atoms with E-state index in [1.807, 2.05) is 30.7 Å². The molecule has 0 saturated heterocycles. The van der Waals surface area contributed by atoms with E-state index in [-0.39, 0.29) is 5.82 Å². The Bertz CT molecular complexity index is 538. The van der Waals surface area contributed by atoms with Crippen LogP contribution in [0.1, 0.15) is 31.1 Å². The van der Waals surface area contributed by atoms with Gasteiger partial charge < -0.3 is 9.88 Å². The van der Waals surface area contributed by atoms with Crippen LogP contribution >= 0.6 is 0 Å². The van der Waals surface area contributed by atoms with Crippen LogP contribution in [0.5, 0.6) is 0 Å². The highest BCUT2D eigenvalue weighted by Gasteiger charge is 2.09. The molecule has 0 spiro atoms. The number of hydrogen-bond acceptors (Lipinski definition) is 2. The molecule has 2 rings (SSSR count). The van der Waals surface area contributed by atoms with E-state index in [2.05, 4.69) is 24.1 Å². The van der Waals surface area contributed by atoms with Crippen molar-refractivity contribution in [1.29, 1.82) is 0 Å². The number of nitrogens with one attached hydrogen (secondary N) is 1. The van der Waals surface area contributed by atoms with Crippen molar-refractivity contribution in [2.45, 2.75) is 33.7 Å². The summed E-state index contributed by atoms with van der Waals surface area (Å²) < 4.78 is 15.4. The summed E-state index contributed by atoms with van der Waals surface area (Å²) in [4.78, 5) is 4.42. The highest BCUT2D eigenvalue weighted by molar-refractivity contribution is 5.55. The number of rotatable bonds is 3. The molecule has 0 radical (unpaired) electrons. The Morgan fingerprint density at radius 2 is 1.94 bits per heavy atom. The monoisotopic (exact) mass is 247 g/mol. The fourth-order valence-corrected chi connectivity index (χ4v) is 1.94. The lowest BCUT2D eigenvalue weighted by Gasteiger charge is -2.13. The molecule has 0 unspecified atom stereocenters. The zero-order valence-corrected chi connectivity index (χ0v) is 11.2. The molecule has 1 aromatic heterocycles. The van der Waals surface area contributed by atoms with Crippen LogP contribution in [-0.2, 0) is 0 Å². The van der Waals surface area contributed by atoms with Crippen molar-refractivity contribution in [2.24, 2.45) is 0 Å². The van der Waals surface area contributed by atoms with Gasteiger partial charge in [-0.3, -0.25) is 0 Å². The number of benzene rings is 1. The fourth-order valence-electron chi connectivity index (χ4n) is 1.94. The highest BCUT2D eigenvalue weighted by Crippen LogP contribution is 2.21. The number of halogens is 1. The van der Waals surface area contributed by atoms with E-state index in [0.717, 1.165) is 22.9 Å². The van der Waals surface area contributed by atoms with Crippen molar-refractivity contribution in [3.8, 4) is 0 Å². The summed E-state index contributed by atoms with van der Waals surface area (Å²) in [6.45, 7) is 7.99. The van der Waals surface area contributed by atoms with E-state index < -0.39 is 0 Å². The summed E-state index contributed by atoms with van der Waals surface area (Å²) in [7, 11) is 0. The van der Waals surface area contributed by atoms with E-state index >= 15 is 0 Å². The number of aromatic nitrogens is 2. The van der Waals surface area contributed by atoms with Crippen molar-refractivity contribution in [3.05, 3.63) is 41.5 Å². The summed E-state index contributed by atoms with van der Waals surface area (Å²) in [6, 6.07) is 5.19. The quantitative estimate of drug-likeness (QED) is 0.889. The van der Waals surface area contributed by atoms with Crippen LogP contribution in [0.25, 0.3) is 0 Å². The predicted octanol–water partition coefficient (Wildman–Crippen LogP) is 3.96. The minimum atomic E-state index is -0.239. The zero-order chi connectivity index (χ0) is 13.3. The summed E-state index contributed by atoms with van der Waals surface area (Å²) in [5.41, 5.74) is 2.55. The molecule has 1 N–H and O–H groups in total. The van der Waals surface area contributed by atoms with E-state index in [9.17, 15) is 4.39 Å². The minimum absolute atomic E-state index is 0.239. The molecule has 0 aliphatic heterocycles. The average molecular weight is 247 g/mol. The molecule has 2 aromatic rings. The second-order valence-corrected chi connectivity index (χ2v) is 4.85. The standard InChI is InChI=1S/C14H18FN3/c1-9(2)18-8-11(4)16-14(18)17-13-6-10(3)5-12(15)7-13/h5-9H,1-4H3,(H,16,17). The zero-order valence-electron chi connectivity index (χ0n) is 11.2. The Kier molecular flexibility index (Phi) is 3.36. The van der Waals surface area contributed by atoms with Crippen LogP contribution in [-0.4, -0.2) is 9.55 Å². The first-order chi connectivity index (χ1) is 8.45. The molecule has 1 heterocycles.